The topological polar surface area (TPSA) is 47.0 Å². The van der Waals surface area contributed by atoms with Crippen LogP contribution in [0, 0.1) is 6.92 Å². The van der Waals surface area contributed by atoms with Crippen LogP contribution in [0.5, 0.6) is 5.88 Å². The first-order valence-electron chi connectivity index (χ1n) is 6.61. The molecule has 0 unspecified atom stereocenters. The van der Waals surface area contributed by atoms with Gasteiger partial charge in [-0.3, -0.25) is 0 Å². The van der Waals surface area contributed by atoms with Gasteiger partial charge < -0.3 is 10.1 Å². The highest BCUT2D eigenvalue weighted by molar-refractivity contribution is 6.28. The third-order valence-electron chi connectivity index (χ3n) is 3.16. The minimum Gasteiger partial charge on any atom is -0.478 e. The van der Waals surface area contributed by atoms with Gasteiger partial charge in [-0.05, 0) is 50.8 Å². The summed E-state index contributed by atoms with van der Waals surface area (Å²) in [4.78, 5) is 8.04. The summed E-state index contributed by atoms with van der Waals surface area (Å²) in [6.07, 6.45) is 6.15. The Kier molecular flexibility index (Phi) is 5.20. The summed E-state index contributed by atoms with van der Waals surface area (Å²) in [6.45, 7) is 3.73. The van der Waals surface area contributed by atoms with Crippen molar-refractivity contribution in [2.75, 3.05) is 13.2 Å². The van der Waals surface area contributed by atoms with Crippen molar-refractivity contribution in [3.63, 3.8) is 0 Å². The van der Waals surface area contributed by atoms with Crippen LogP contribution in [0.25, 0.3) is 0 Å². The van der Waals surface area contributed by atoms with Crippen LogP contribution in [0.3, 0.4) is 0 Å². The average molecular weight is 270 g/mol. The highest BCUT2D eigenvalue weighted by Crippen LogP contribution is 2.14. The summed E-state index contributed by atoms with van der Waals surface area (Å²) < 4.78 is 5.60. The molecule has 0 aromatic carbocycles. The average Bonchev–Trinajstić information content (AvgIpc) is 2.35. The van der Waals surface area contributed by atoms with E-state index in [1.807, 2.05) is 13.0 Å². The minimum absolute atomic E-state index is 0.249. The zero-order chi connectivity index (χ0) is 12.8. The van der Waals surface area contributed by atoms with Crippen LogP contribution in [-0.4, -0.2) is 29.2 Å². The normalized spacial score (nSPS) is 19.8. The highest BCUT2D eigenvalue weighted by Gasteiger charge is 2.11. The summed E-state index contributed by atoms with van der Waals surface area (Å²) >= 11 is 5.77. The number of nitrogens with one attached hydrogen (secondary N) is 1. The maximum absolute atomic E-state index is 5.77. The van der Waals surface area contributed by atoms with Gasteiger partial charge in [-0.2, -0.15) is 4.98 Å². The van der Waals surface area contributed by atoms with Crippen molar-refractivity contribution in [1.82, 2.24) is 15.3 Å². The molecular weight excluding hydrogens is 250 g/mol. The number of piperidine rings is 1. The molecule has 0 radical (unpaired) electrons. The molecule has 2 heterocycles. The van der Waals surface area contributed by atoms with Gasteiger partial charge in [0.05, 0.1) is 6.61 Å². The summed E-state index contributed by atoms with van der Waals surface area (Å²) in [7, 11) is 0. The van der Waals surface area contributed by atoms with Crippen molar-refractivity contribution in [1.29, 1.82) is 0 Å². The fraction of sp³-hybridized carbons (Fsp3) is 0.692. The van der Waals surface area contributed by atoms with E-state index in [9.17, 15) is 0 Å². The lowest BCUT2D eigenvalue weighted by atomic mass is 10.0. The zero-order valence-corrected chi connectivity index (χ0v) is 11.5. The van der Waals surface area contributed by atoms with E-state index in [-0.39, 0.29) is 5.28 Å². The monoisotopic (exact) mass is 269 g/mol. The molecule has 1 N–H and O–H groups in total. The lowest BCUT2D eigenvalue weighted by Gasteiger charge is -2.23. The molecule has 0 bridgehead atoms. The fourth-order valence-corrected chi connectivity index (χ4v) is 2.47. The Morgan fingerprint density at radius 1 is 1.44 bits per heavy atom. The maximum atomic E-state index is 5.77. The number of aryl methyl sites for hydroxylation is 1. The van der Waals surface area contributed by atoms with E-state index in [1.165, 1.54) is 19.3 Å². The predicted octanol–water partition coefficient (Wildman–Crippen LogP) is 2.74. The molecule has 100 valence electrons. The largest absolute Gasteiger partial charge is 0.478 e. The van der Waals surface area contributed by atoms with Crippen LogP contribution in [-0.2, 0) is 0 Å². The van der Waals surface area contributed by atoms with E-state index in [4.69, 9.17) is 16.3 Å². The van der Waals surface area contributed by atoms with Crippen LogP contribution < -0.4 is 10.1 Å². The Morgan fingerprint density at radius 3 is 3.06 bits per heavy atom. The van der Waals surface area contributed by atoms with E-state index in [1.54, 1.807) is 0 Å². The summed E-state index contributed by atoms with van der Waals surface area (Å²) in [5.74, 6) is 0.573. The van der Waals surface area contributed by atoms with E-state index in [2.05, 4.69) is 15.3 Å². The molecule has 0 spiro atoms. The van der Waals surface area contributed by atoms with Gasteiger partial charge in [-0.25, -0.2) is 4.98 Å². The first-order valence-corrected chi connectivity index (χ1v) is 6.99. The van der Waals surface area contributed by atoms with Gasteiger partial charge in [-0.15, -0.1) is 0 Å². The van der Waals surface area contributed by atoms with Crippen molar-refractivity contribution in [3.05, 3.63) is 17.0 Å². The summed E-state index contributed by atoms with van der Waals surface area (Å²) in [6, 6.07) is 2.48. The third kappa shape index (κ3) is 4.42. The van der Waals surface area contributed by atoms with Gasteiger partial charge in [0.15, 0.2) is 0 Å². The molecule has 1 aromatic rings. The molecule has 1 aromatic heterocycles. The second-order valence-corrected chi connectivity index (χ2v) is 5.09. The van der Waals surface area contributed by atoms with Gasteiger partial charge in [0, 0.05) is 17.8 Å². The Bertz CT molecular complexity index is 360. The maximum Gasteiger partial charge on any atom is 0.225 e. The van der Waals surface area contributed by atoms with Crippen molar-refractivity contribution in [2.24, 2.45) is 0 Å². The van der Waals surface area contributed by atoms with Crippen LogP contribution in [0.2, 0.25) is 5.28 Å². The number of nitrogens with zero attached hydrogens (tertiary/aromatic N) is 2. The quantitative estimate of drug-likeness (QED) is 0.660. The second-order valence-electron chi connectivity index (χ2n) is 4.75. The third-order valence-corrected chi connectivity index (χ3v) is 3.33. The lowest BCUT2D eigenvalue weighted by Crippen LogP contribution is -2.34. The number of rotatable bonds is 5. The van der Waals surface area contributed by atoms with Gasteiger partial charge in [0.25, 0.3) is 0 Å². The lowest BCUT2D eigenvalue weighted by molar-refractivity contribution is 0.276. The number of halogens is 1. The Balaban J connectivity index is 1.68. The van der Waals surface area contributed by atoms with Crippen LogP contribution >= 0.6 is 11.6 Å². The number of hydrogen-bond acceptors (Lipinski definition) is 4. The number of ether oxygens (including phenoxy) is 1. The molecule has 1 aliphatic rings. The van der Waals surface area contributed by atoms with E-state index in [0.29, 0.717) is 18.5 Å². The molecular formula is C13H20ClN3O. The zero-order valence-electron chi connectivity index (χ0n) is 10.8. The van der Waals surface area contributed by atoms with Gasteiger partial charge >= 0.3 is 0 Å². The molecule has 1 atom stereocenters. The smallest absolute Gasteiger partial charge is 0.225 e. The summed E-state index contributed by atoms with van der Waals surface area (Å²) in [5.41, 5.74) is 0.832. The van der Waals surface area contributed by atoms with E-state index >= 15 is 0 Å². The second kappa shape index (κ2) is 6.90. The molecule has 2 rings (SSSR count). The minimum atomic E-state index is 0.249. The van der Waals surface area contributed by atoms with Crippen molar-refractivity contribution in [3.8, 4) is 5.88 Å². The predicted molar refractivity (Wildman–Crippen MR) is 72.1 cm³/mol. The van der Waals surface area contributed by atoms with Crippen molar-refractivity contribution >= 4 is 11.6 Å². The van der Waals surface area contributed by atoms with Gasteiger partial charge in [-0.1, -0.05) is 6.42 Å². The van der Waals surface area contributed by atoms with E-state index < -0.39 is 0 Å². The Labute approximate surface area is 113 Å². The molecule has 1 saturated heterocycles. The molecule has 18 heavy (non-hydrogen) atoms. The molecule has 0 amide bonds. The van der Waals surface area contributed by atoms with Crippen molar-refractivity contribution in [2.45, 2.75) is 45.1 Å². The van der Waals surface area contributed by atoms with Crippen LogP contribution in [0.1, 0.15) is 37.8 Å². The molecule has 5 heteroatoms. The van der Waals surface area contributed by atoms with Crippen LogP contribution in [0.4, 0.5) is 0 Å². The van der Waals surface area contributed by atoms with Crippen LogP contribution in [0.15, 0.2) is 6.07 Å². The number of aromatic nitrogens is 2. The molecule has 0 aliphatic carbocycles. The first-order chi connectivity index (χ1) is 8.74. The molecule has 1 fully saturated rings. The Hall–Kier alpha value is -0.870. The van der Waals surface area contributed by atoms with Gasteiger partial charge in [0.2, 0.25) is 11.2 Å². The fourth-order valence-electron chi connectivity index (χ4n) is 2.26. The molecule has 4 nitrogen and oxygen atoms in total. The van der Waals surface area contributed by atoms with E-state index in [0.717, 1.165) is 25.1 Å². The molecule has 1 aliphatic heterocycles. The number of hydrogen-bond donors (Lipinski definition) is 1. The summed E-state index contributed by atoms with van der Waals surface area (Å²) in [5, 5.41) is 3.78. The SMILES string of the molecule is Cc1cc(OCCC[C@@H]2CCCCN2)nc(Cl)n1. The van der Waals surface area contributed by atoms with Crippen molar-refractivity contribution < 1.29 is 4.74 Å². The highest BCUT2D eigenvalue weighted by atomic mass is 35.5. The first kappa shape index (κ1) is 13.6. The Morgan fingerprint density at radius 2 is 2.33 bits per heavy atom. The van der Waals surface area contributed by atoms with Gasteiger partial charge in [0.1, 0.15) is 0 Å². The molecule has 0 saturated carbocycles. The standard InChI is InChI=1S/C13H20ClN3O/c1-10-9-12(17-13(14)16-10)18-8-4-6-11-5-2-3-7-15-11/h9,11,15H,2-8H2,1H3/t11-/m0/s1.